The molecule has 1 N–H and O–H groups in total. The molecular formula is C22H17NO4. The Labute approximate surface area is 155 Å². The fraction of sp³-hybridized carbons (Fsp3) is 0.0909. The number of nitrogens with one attached hydrogen (secondary N) is 1. The van der Waals surface area contributed by atoms with E-state index in [4.69, 9.17) is 9.15 Å². The molecule has 4 rings (SSSR count). The standard InChI is InChI=1S/C22H17NO4/c24-21(23-13-15-6-2-1-3-7-15)14-26-16-10-11-18-20(12-16)27-19-9-5-4-8-17(19)22(18)25/h1-12H,13-14H2,(H,23,24). The maximum Gasteiger partial charge on any atom is 0.258 e. The zero-order chi connectivity index (χ0) is 18.6. The number of benzene rings is 3. The lowest BCUT2D eigenvalue weighted by Crippen LogP contribution is -2.28. The van der Waals surface area contributed by atoms with Crippen LogP contribution in [0.1, 0.15) is 5.56 Å². The first-order valence-electron chi connectivity index (χ1n) is 8.60. The number of amides is 1. The topological polar surface area (TPSA) is 68.5 Å². The summed E-state index contributed by atoms with van der Waals surface area (Å²) in [4.78, 5) is 24.5. The third-order valence-corrected chi connectivity index (χ3v) is 4.25. The van der Waals surface area contributed by atoms with E-state index >= 15 is 0 Å². The number of hydrogen-bond donors (Lipinski definition) is 1. The number of fused-ring (bicyclic) bond motifs is 2. The summed E-state index contributed by atoms with van der Waals surface area (Å²) in [5, 5.41) is 3.82. The summed E-state index contributed by atoms with van der Waals surface area (Å²) in [6.07, 6.45) is 0. The molecule has 0 saturated carbocycles. The zero-order valence-corrected chi connectivity index (χ0v) is 14.5. The molecule has 0 aliphatic carbocycles. The van der Waals surface area contributed by atoms with Crippen molar-refractivity contribution in [3.63, 3.8) is 0 Å². The quantitative estimate of drug-likeness (QED) is 0.553. The van der Waals surface area contributed by atoms with Gasteiger partial charge in [0.2, 0.25) is 5.43 Å². The molecule has 0 spiro atoms. The van der Waals surface area contributed by atoms with E-state index in [1.54, 1.807) is 36.4 Å². The Morgan fingerprint density at radius 3 is 2.48 bits per heavy atom. The number of ether oxygens (including phenoxy) is 1. The van der Waals surface area contributed by atoms with Gasteiger partial charge in [0, 0.05) is 12.6 Å². The molecule has 134 valence electrons. The predicted octanol–water partition coefficient (Wildman–Crippen LogP) is 3.64. The van der Waals surface area contributed by atoms with Crippen LogP contribution in [0.4, 0.5) is 0 Å². The van der Waals surface area contributed by atoms with Crippen molar-refractivity contribution in [3.05, 3.63) is 88.6 Å². The molecule has 4 aromatic rings. The molecule has 5 nitrogen and oxygen atoms in total. The van der Waals surface area contributed by atoms with Crippen LogP contribution in [0.3, 0.4) is 0 Å². The van der Waals surface area contributed by atoms with E-state index in [-0.39, 0.29) is 17.9 Å². The average molecular weight is 359 g/mol. The van der Waals surface area contributed by atoms with Gasteiger partial charge >= 0.3 is 0 Å². The van der Waals surface area contributed by atoms with Gasteiger partial charge in [-0.1, -0.05) is 42.5 Å². The predicted molar refractivity (Wildman–Crippen MR) is 104 cm³/mol. The van der Waals surface area contributed by atoms with Crippen molar-refractivity contribution in [2.24, 2.45) is 0 Å². The highest BCUT2D eigenvalue weighted by Gasteiger charge is 2.09. The van der Waals surface area contributed by atoms with Gasteiger partial charge in [-0.05, 0) is 29.8 Å². The van der Waals surface area contributed by atoms with Crippen molar-refractivity contribution in [1.82, 2.24) is 5.32 Å². The SMILES string of the molecule is O=C(COc1ccc2c(=O)c3ccccc3oc2c1)NCc1ccccc1. The molecule has 1 heterocycles. The molecule has 0 radical (unpaired) electrons. The molecule has 0 fully saturated rings. The van der Waals surface area contributed by atoms with Gasteiger partial charge < -0.3 is 14.5 Å². The Hall–Kier alpha value is -3.60. The number of rotatable bonds is 5. The van der Waals surface area contributed by atoms with Crippen LogP contribution in [-0.2, 0) is 11.3 Å². The maximum atomic E-state index is 12.5. The third-order valence-electron chi connectivity index (χ3n) is 4.25. The van der Waals surface area contributed by atoms with Gasteiger partial charge in [-0.15, -0.1) is 0 Å². The van der Waals surface area contributed by atoms with Gasteiger partial charge in [-0.2, -0.15) is 0 Å². The van der Waals surface area contributed by atoms with E-state index in [1.807, 2.05) is 36.4 Å². The highest BCUT2D eigenvalue weighted by atomic mass is 16.5. The number of hydrogen-bond acceptors (Lipinski definition) is 4. The number of para-hydroxylation sites is 1. The molecular weight excluding hydrogens is 342 g/mol. The highest BCUT2D eigenvalue weighted by Crippen LogP contribution is 2.22. The Bertz CT molecular complexity index is 1170. The van der Waals surface area contributed by atoms with E-state index in [0.717, 1.165) is 5.56 Å². The second-order valence-electron chi connectivity index (χ2n) is 6.14. The third kappa shape index (κ3) is 3.67. The Balaban J connectivity index is 1.47. The second-order valence-corrected chi connectivity index (χ2v) is 6.14. The van der Waals surface area contributed by atoms with E-state index in [1.165, 1.54) is 0 Å². The normalized spacial score (nSPS) is 10.8. The Morgan fingerprint density at radius 2 is 1.63 bits per heavy atom. The molecule has 0 aliphatic rings. The van der Waals surface area contributed by atoms with Crippen LogP contribution in [-0.4, -0.2) is 12.5 Å². The second kappa shape index (κ2) is 7.33. The summed E-state index contributed by atoms with van der Waals surface area (Å²) >= 11 is 0. The minimum absolute atomic E-state index is 0.0843. The molecule has 0 aliphatic heterocycles. The van der Waals surface area contributed by atoms with Gasteiger partial charge in [-0.25, -0.2) is 0 Å². The van der Waals surface area contributed by atoms with Gasteiger partial charge in [0.05, 0.1) is 10.8 Å². The van der Waals surface area contributed by atoms with E-state index in [0.29, 0.717) is 34.2 Å². The summed E-state index contributed by atoms with van der Waals surface area (Å²) in [6, 6.07) is 21.7. The molecule has 0 unspecified atom stereocenters. The maximum absolute atomic E-state index is 12.5. The summed E-state index contributed by atoms with van der Waals surface area (Å²) in [6.45, 7) is 0.331. The molecule has 5 heteroatoms. The van der Waals surface area contributed by atoms with Crippen molar-refractivity contribution in [1.29, 1.82) is 0 Å². The van der Waals surface area contributed by atoms with Crippen LogP contribution in [0.5, 0.6) is 5.75 Å². The van der Waals surface area contributed by atoms with Crippen LogP contribution in [0, 0.1) is 0 Å². The van der Waals surface area contributed by atoms with Gasteiger partial charge in [-0.3, -0.25) is 9.59 Å². The molecule has 0 bridgehead atoms. The van der Waals surface area contributed by atoms with Gasteiger partial charge in [0.25, 0.3) is 5.91 Å². The summed E-state index contributed by atoms with van der Waals surface area (Å²) in [7, 11) is 0. The van der Waals surface area contributed by atoms with Crippen LogP contribution >= 0.6 is 0 Å². The fourth-order valence-corrected chi connectivity index (χ4v) is 2.87. The molecule has 3 aromatic carbocycles. The fourth-order valence-electron chi connectivity index (χ4n) is 2.87. The minimum atomic E-state index is -0.223. The summed E-state index contributed by atoms with van der Waals surface area (Å²) in [5.41, 5.74) is 1.89. The molecule has 27 heavy (non-hydrogen) atoms. The van der Waals surface area contributed by atoms with Crippen molar-refractivity contribution in [2.75, 3.05) is 6.61 Å². The summed E-state index contributed by atoms with van der Waals surface area (Å²) < 4.78 is 11.3. The lowest BCUT2D eigenvalue weighted by Gasteiger charge is -2.08. The van der Waals surface area contributed by atoms with Crippen molar-refractivity contribution >= 4 is 27.8 Å². The smallest absolute Gasteiger partial charge is 0.258 e. The van der Waals surface area contributed by atoms with E-state index in [2.05, 4.69) is 5.32 Å². The Kier molecular flexibility index (Phi) is 4.58. The largest absolute Gasteiger partial charge is 0.484 e. The molecule has 1 amide bonds. The van der Waals surface area contributed by atoms with Crippen molar-refractivity contribution in [2.45, 2.75) is 6.54 Å². The van der Waals surface area contributed by atoms with Gasteiger partial charge in [0.1, 0.15) is 16.9 Å². The first kappa shape index (κ1) is 16.8. The monoisotopic (exact) mass is 359 g/mol. The van der Waals surface area contributed by atoms with Crippen LogP contribution in [0.2, 0.25) is 0 Å². The van der Waals surface area contributed by atoms with E-state index < -0.39 is 0 Å². The zero-order valence-electron chi connectivity index (χ0n) is 14.5. The van der Waals surface area contributed by atoms with E-state index in [9.17, 15) is 9.59 Å². The molecule has 0 saturated heterocycles. The van der Waals surface area contributed by atoms with Crippen LogP contribution < -0.4 is 15.5 Å². The Morgan fingerprint density at radius 1 is 0.889 bits per heavy atom. The van der Waals surface area contributed by atoms with Crippen LogP contribution in [0.25, 0.3) is 21.9 Å². The van der Waals surface area contributed by atoms with Crippen molar-refractivity contribution < 1.29 is 13.9 Å². The lowest BCUT2D eigenvalue weighted by molar-refractivity contribution is -0.123. The number of carbonyl (C=O) groups excluding carboxylic acids is 1. The molecule has 0 atom stereocenters. The number of carbonyl (C=O) groups is 1. The first-order chi connectivity index (χ1) is 13.2. The van der Waals surface area contributed by atoms with Crippen LogP contribution in [0.15, 0.2) is 82.0 Å². The minimum Gasteiger partial charge on any atom is -0.484 e. The average Bonchev–Trinajstić information content (AvgIpc) is 2.71. The van der Waals surface area contributed by atoms with Gasteiger partial charge in [0.15, 0.2) is 6.61 Å². The molecule has 1 aromatic heterocycles. The first-order valence-corrected chi connectivity index (χ1v) is 8.60. The van der Waals surface area contributed by atoms with Crippen molar-refractivity contribution in [3.8, 4) is 5.75 Å². The highest BCUT2D eigenvalue weighted by molar-refractivity contribution is 5.90. The summed E-state index contributed by atoms with van der Waals surface area (Å²) in [5.74, 6) is 0.245. The lowest BCUT2D eigenvalue weighted by atomic mass is 10.1.